The fourth-order valence-electron chi connectivity index (χ4n) is 1.82. The molecule has 0 fully saturated rings. The number of carbonyl (C=O) groups is 4. The van der Waals surface area contributed by atoms with Crippen LogP contribution in [0.4, 0.5) is 0 Å². The number of carbonyl (C=O) groups excluding carboxylic acids is 4. The van der Waals surface area contributed by atoms with Crippen molar-refractivity contribution in [3.8, 4) is 0 Å². The number of hydrazine groups is 1. The molecule has 0 saturated heterocycles. The minimum atomic E-state index is -0.798. The predicted octanol–water partition coefficient (Wildman–Crippen LogP) is 0.614. The topological polar surface area (TPSA) is 122 Å². The Kier molecular flexibility index (Phi) is 7.01. The molecule has 0 radical (unpaired) electrons. The predicted molar refractivity (Wildman–Crippen MR) is 95.8 cm³/mol. The van der Waals surface area contributed by atoms with Crippen LogP contribution in [-0.4, -0.2) is 45.1 Å². The number of nitrogens with zero attached hydrogens (tertiary/aromatic N) is 2. The molecule has 0 saturated carbocycles. The van der Waals surface area contributed by atoms with Crippen LogP contribution < -0.4 is 11.2 Å². The first-order valence-electron chi connectivity index (χ1n) is 7.51. The Labute approximate surface area is 153 Å². The third kappa shape index (κ3) is 5.50. The molecule has 0 aliphatic rings. The lowest BCUT2D eigenvalue weighted by molar-refractivity contribution is -0.130. The summed E-state index contributed by atoms with van der Waals surface area (Å²) in [4.78, 5) is 51.3. The first-order chi connectivity index (χ1) is 12.5. The third-order valence-electron chi connectivity index (χ3n) is 3.15. The van der Waals surface area contributed by atoms with E-state index in [9.17, 15) is 19.2 Å². The lowest BCUT2D eigenvalue weighted by Crippen LogP contribution is -2.48. The maximum atomic E-state index is 12.0. The van der Waals surface area contributed by atoms with Gasteiger partial charge in [0.2, 0.25) is 11.0 Å². The lowest BCUT2D eigenvalue weighted by Gasteiger charge is -2.14. The minimum Gasteiger partial charge on any atom is -0.346 e. The van der Waals surface area contributed by atoms with Crippen molar-refractivity contribution in [2.45, 2.75) is 0 Å². The van der Waals surface area contributed by atoms with E-state index < -0.39 is 24.3 Å². The fourth-order valence-corrected chi connectivity index (χ4v) is 2.49. The Morgan fingerprint density at radius 3 is 2.38 bits per heavy atom. The van der Waals surface area contributed by atoms with Crippen LogP contribution in [0, 0.1) is 0 Å². The molecule has 3 N–H and O–H groups in total. The van der Waals surface area contributed by atoms with Gasteiger partial charge in [-0.1, -0.05) is 48.2 Å². The van der Waals surface area contributed by atoms with Gasteiger partial charge >= 0.3 is 0 Å². The molecule has 9 heteroatoms. The van der Waals surface area contributed by atoms with E-state index in [-0.39, 0.29) is 16.6 Å². The van der Waals surface area contributed by atoms with Crippen molar-refractivity contribution in [3.63, 3.8) is 0 Å². The zero-order valence-electron chi connectivity index (χ0n) is 13.6. The molecule has 0 atom stereocenters. The van der Waals surface area contributed by atoms with Gasteiger partial charge < -0.3 is 5.32 Å². The van der Waals surface area contributed by atoms with Crippen molar-refractivity contribution in [1.82, 2.24) is 15.3 Å². The summed E-state index contributed by atoms with van der Waals surface area (Å²) in [6, 6.07) is 13.1. The highest BCUT2D eigenvalue weighted by Crippen LogP contribution is 2.11. The molecule has 3 amide bonds. The first-order valence-corrected chi connectivity index (χ1v) is 8.49. The van der Waals surface area contributed by atoms with Gasteiger partial charge in [-0.3, -0.25) is 24.2 Å². The second-order valence-electron chi connectivity index (χ2n) is 5.00. The number of hydrogen-bond acceptors (Lipinski definition) is 7. The van der Waals surface area contributed by atoms with Crippen LogP contribution >= 0.6 is 11.8 Å². The summed E-state index contributed by atoms with van der Waals surface area (Å²) in [5.74, 6) is 3.21. The van der Waals surface area contributed by atoms with E-state index >= 15 is 0 Å². The SMILES string of the molecule is NN(C(=O)CNC(=O)CSC(=O)c1ccccc1)C(=O)c1ccccn1. The van der Waals surface area contributed by atoms with Crippen molar-refractivity contribution >= 4 is 34.6 Å². The van der Waals surface area contributed by atoms with E-state index in [1.54, 1.807) is 42.5 Å². The van der Waals surface area contributed by atoms with E-state index in [0.717, 1.165) is 11.8 Å². The molecular formula is C17H16N4O4S. The van der Waals surface area contributed by atoms with Gasteiger partial charge in [0.15, 0.2) is 0 Å². The summed E-state index contributed by atoms with van der Waals surface area (Å²) < 4.78 is 0. The molecule has 0 unspecified atom stereocenters. The summed E-state index contributed by atoms with van der Waals surface area (Å²) in [5, 5.41) is 2.46. The number of hydrogen-bond donors (Lipinski definition) is 2. The molecule has 2 aromatic rings. The molecule has 1 aromatic carbocycles. The maximum Gasteiger partial charge on any atom is 0.293 e. The summed E-state index contributed by atoms with van der Waals surface area (Å²) in [6.07, 6.45) is 1.40. The number of rotatable bonds is 6. The highest BCUT2D eigenvalue weighted by atomic mass is 32.2. The number of imide groups is 1. The second kappa shape index (κ2) is 9.44. The van der Waals surface area contributed by atoms with Crippen LogP contribution in [0.2, 0.25) is 0 Å². The molecular weight excluding hydrogens is 356 g/mol. The lowest BCUT2D eigenvalue weighted by atomic mass is 10.2. The highest BCUT2D eigenvalue weighted by Gasteiger charge is 2.21. The number of thioether (sulfide) groups is 1. The van der Waals surface area contributed by atoms with E-state index in [1.807, 2.05) is 0 Å². The normalized spacial score (nSPS) is 10.0. The molecule has 0 spiro atoms. The number of aromatic nitrogens is 1. The van der Waals surface area contributed by atoms with Crippen molar-refractivity contribution in [2.24, 2.45) is 5.84 Å². The zero-order valence-corrected chi connectivity index (χ0v) is 14.4. The molecule has 134 valence electrons. The monoisotopic (exact) mass is 372 g/mol. The van der Waals surface area contributed by atoms with Gasteiger partial charge in [-0.05, 0) is 12.1 Å². The van der Waals surface area contributed by atoms with Crippen LogP contribution in [0.25, 0.3) is 0 Å². The molecule has 8 nitrogen and oxygen atoms in total. The largest absolute Gasteiger partial charge is 0.346 e. The molecule has 26 heavy (non-hydrogen) atoms. The van der Waals surface area contributed by atoms with Crippen LogP contribution in [0.3, 0.4) is 0 Å². The Bertz CT molecular complexity index is 799. The average molecular weight is 372 g/mol. The highest BCUT2D eigenvalue weighted by molar-refractivity contribution is 8.14. The van der Waals surface area contributed by atoms with Crippen molar-refractivity contribution in [2.75, 3.05) is 12.3 Å². The minimum absolute atomic E-state index is 0.0127. The third-order valence-corrected chi connectivity index (χ3v) is 4.06. The van der Waals surface area contributed by atoms with E-state index in [1.165, 1.54) is 12.3 Å². The number of pyridine rings is 1. The van der Waals surface area contributed by atoms with Crippen LogP contribution in [0.5, 0.6) is 0 Å². The molecule has 1 heterocycles. The Morgan fingerprint density at radius 1 is 1.04 bits per heavy atom. The molecule has 0 aliphatic heterocycles. The fraction of sp³-hybridized carbons (Fsp3) is 0.118. The molecule has 2 rings (SSSR count). The Hall–Kier alpha value is -3.04. The Balaban J connectivity index is 1.77. The summed E-state index contributed by atoms with van der Waals surface area (Å²) in [5.41, 5.74) is 0.495. The van der Waals surface area contributed by atoms with Gasteiger partial charge in [-0.2, -0.15) is 0 Å². The van der Waals surface area contributed by atoms with E-state index in [0.29, 0.717) is 10.6 Å². The van der Waals surface area contributed by atoms with Crippen molar-refractivity contribution < 1.29 is 19.2 Å². The van der Waals surface area contributed by atoms with Gasteiger partial charge in [-0.15, -0.1) is 0 Å². The van der Waals surface area contributed by atoms with Crippen LogP contribution in [0.1, 0.15) is 20.8 Å². The quantitative estimate of drug-likeness (QED) is 0.433. The van der Waals surface area contributed by atoms with Crippen LogP contribution in [0.15, 0.2) is 54.7 Å². The van der Waals surface area contributed by atoms with Gasteiger partial charge in [0.05, 0.1) is 12.3 Å². The number of amides is 3. The van der Waals surface area contributed by atoms with Crippen LogP contribution in [-0.2, 0) is 9.59 Å². The first kappa shape index (κ1) is 19.3. The van der Waals surface area contributed by atoms with Gasteiger partial charge in [0, 0.05) is 11.8 Å². The standard InChI is InChI=1S/C17H16N4O4S/c18-21(16(24)13-8-4-5-9-19-13)15(23)10-20-14(22)11-26-17(25)12-6-2-1-3-7-12/h1-9H,10-11,18H2,(H,20,22). The number of nitrogens with two attached hydrogens (primary N) is 1. The summed E-state index contributed by atoms with van der Waals surface area (Å²) in [7, 11) is 0. The maximum absolute atomic E-state index is 12.0. The molecule has 0 aliphatic carbocycles. The van der Waals surface area contributed by atoms with Gasteiger partial charge in [-0.25, -0.2) is 10.9 Å². The van der Waals surface area contributed by atoms with Gasteiger partial charge in [0.1, 0.15) is 5.69 Å². The van der Waals surface area contributed by atoms with Crippen molar-refractivity contribution in [3.05, 3.63) is 66.0 Å². The van der Waals surface area contributed by atoms with Gasteiger partial charge in [0.25, 0.3) is 11.8 Å². The zero-order chi connectivity index (χ0) is 18.9. The number of benzene rings is 1. The molecule has 0 bridgehead atoms. The summed E-state index contributed by atoms with van der Waals surface area (Å²) >= 11 is 0.817. The number of nitrogens with one attached hydrogen (secondary N) is 1. The van der Waals surface area contributed by atoms with Crippen molar-refractivity contribution in [1.29, 1.82) is 0 Å². The summed E-state index contributed by atoms with van der Waals surface area (Å²) in [6.45, 7) is -0.464. The molecule has 1 aromatic heterocycles. The van der Waals surface area contributed by atoms with E-state index in [2.05, 4.69) is 10.3 Å². The smallest absolute Gasteiger partial charge is 0.293 e. The average Bonchev–Trinajstić information content (AvgIpc) is 2.70. The Morgan fingerprint density at radius 2 is 1.73 bits per heavy atom. The second-order valence-corrected chi connectivity index (χ2v) is 5.95. The van der Waals surface area contributed by atoms with E-state index in [4.69, 9.17) is 5.84 Å².